The highest BCUT2D eigenvalue weighted by Gasteiger charge is 2.31. The van der Waals surface area contributed by atoms with Gasteiger partial charge in [-0.25, -0.2) is 14.8 Å². The van der Waals surface area contributed by atoms with Crippen molar-refractivity contribution in [1.29, 1.82) is 0 Å². The van der Waals surface area contributed by atoms with Crippen LogP contribution in [-0.2, 0) is 16.2 Å². The lowest BCUT2D eigenvalue weighted by Gasteiger charge is -2.42. The molecule has 1 saturated carbocycles. The molecule has 1 aliphatic carbocycles. The fourth-order valence-electron chi connectivity index (χ4n) is 5.20. The molecule has 0 radical (unpaired) electrons. The lowest BCUT2D eigenvalue weighted by Crippen LogP contribution is -2.53. The van der Waals surface area contributed by atoms with E-state index in [0.717, 1.165) is 85.8 Å². The van der Waals surface area contributed by atoms with Gasteiger partial charge < -0.3 is 24.3 Å². The molecule has 0 spiro atoms. The van der Waals surface area contributed by atoms with Crippen LogP contribution in [0, 0.1) is 0 Å². The first kappa shape index (κ1) is 29.3. The van der Waals surface area contributed by atoms with Gasteiger partial charge in [-0.3, -0.25) is 4.90 Å². The Morgan fingerprint density at radius 3 is 2.42 bits per heavy atom. The zero-order valence-corrected chi connectivity index (χ0v) is 26.5. The zero-order chi connectivity index (χ0) is 27.5. The molecular weight excluding hydrogens is 564 g/mol. The minimum absolute atomic E-state index is 0.195. The second-order valence-electron chi connectivity index (χ2n) is 12.9. The molecule has 1 aliphatic heterocycles. The Morgan fingerprint density at radius 1 is 1.11 bits per heavy atom. The molecule has 38 heavy (non-hydrogen) atoms. The summed E-state index contributed by atoms with van der Waals surface area (Å²) in [5.74, 6) is 0.886. The molecule has 0 bridgehead atoms. The molecule has 0 atom stereocenters. The number of ether oxygens (including phenoxy) is 2. The fraction of sp³-hybridized carbons (Fsp3) is 0.741. The smallest absolute Gasteiger partial charge is 0.410 e. The van der Waals surface area contributed by atoms with Crippen LogP contribution in [0.5, 0.6) is 0 Å². The van der Waals surface area contributed by atoms with Gasteiger partial charge in [-0.1, -0.05) is 19.6 Å². The lowest BCUT2D eigenvalue weighted by molar-refractivity contribution is 0.00806. The zero-order valence-electron chi connectivity index (χ0n) is 23.9. The van der Waals surface area contributed by atoms with E-state index < -0.39 is 13.7 Å². The molecule has 2 aromatic rings. The molecule has 4 rings (SSSR count). The molecule has 1 amide bonds. The Hall–Kier alpha value is -1.69. The molecule has 0 aromatic carbocycles. The number of piperazine rings is 1. The fourth-order valence-corrected chi connectivity index (χ4v) is 6.57. The first-order valence-corrected chi connectivity index (χ1v) is 18.5. The van der Waals surface area contributed by atoms with Gasteiger partial charge in [0.25, 0.3) is 0 Å². The maximum atomic E-state index is 12.4. The first-order chi connectivity index (χ1) is 17.9. The molecule has 2 aromatic heterocycles. The summed E-state index contributed by atoms with van der Waals surface area (Å²) in [5.41, 5.74) is 0.438. The summed E-state index contributed by atoms with van der Waals surface area (Å²) in [5, 5.41) is 4.73. The number of anilines is 1. The summed E-state index contributed by atoms with van der Waals surface area (Å²) in [7, 11) is -1.11. The second kappa shape index (κ2) is 12.2. The number of hydrogen-bond donors (Lipinski definition) is 1. The number of hydrogen-bond acceptors (Lipinski definition) is 7. The topological polar surface area (TPSA) is 84.8 Å². The average Bonchev–Trinajstić information content (AvgIpc) is 3.17. The minimum atomic E-state index is -1.11. The number of nitrogens with zero attached hydrogens (tertiary/aromatic N) is 5. The van der Waals surface area contributed by atoms with Gasteiger partial charge >= 0.3 is 6.09 Å². The predicted octanol–water partition coefficient (Wildman–Crippen LogP) is 5.78. The van der Waals surface area contributed by atoms with E-state index in [1.807, 2.05) is 31.9 Å². The Morgan fingerprint density at radius 2 is 1.79 bits per heavy atom. The van der Waals surface area contributed by atoms with Crippen LogP contribution in [-0.4, -0.2) is 89.0 Å². The highest BCUT2D eigenvalue weighted by atomic mass is 79.9. The van der Waals surface area contributed by atoms with Crippen molar-refractivity contribution in [2.75, 3.05) is 38.1 Å². The van der Waals surface area contributed by atoms with Gasteiger partial charge in [0.2, 0.25) is 0 Å². The average molecular weight is 610 g/mol. The van der Waals surface area contributed by atoms with Gasteiger partial charge in [0.05, 0.1) is 5.39 Å². The van der Waals surface area contributed by atoms with E-state index in [1.165, 1.54) is 0 Å². The third kappa shape index (κ3) is 7.92. The number of fused-ring (bicyclic) bond motifs is 1. The summed E-state index contributed by atoms with van der Waals surface area (Å²) < 4.78 is 14.6. The van der Waals surface area contributed by atoms with Gasteiger partial charge in [0.1, 0.15) is 30.1 Å². The van der Waals surface area contributed by atoms with Crippen molar-refractivity contribution in [3.8, 4) is 0 Å². The van der Waals surface area contributed by atoms with E-state index in [-0.39, 0.29) is 6.09 Å². The summed E-state index contributed by atoms with van der Waals surface area (Å²) in [6.45, 7) is 17.4. The molecule has 212 valence electrons. The Balaban J connectivity index is 1.28. The summed E-state index contributed by atoms with van der Waals surface area (Å²) in [4.78, 5) is 26.0. The van der Waals surface area contributed by atoms with Crippen LogP contribution in [0.15, 0.2) is 17.0 Å². The molecule has 1 N–H and O–H groups in total. The summed E-state index contributed by atoms with van der Waals surface area (Å²) in [6, 6.07) is 2.10. The standard InChI is InChI=1S/C27H45BrN6O3Si/c1-27(2,3)37-26(35)33-13-11-32(12-14-33)21-9-7-20(8-10-21)31-24-23-22(28)17-34(25(23)30-18-29-24)19-36-15-16-38(4,5)6/h17-18,20-21H,7-16,19H2,1-6H3,(H,29,30,31). The van der Waals surface area contributed by atoms with Crippen molar-refractivity contribution >= 4 is 46.9 Å². The van der Waals surface area contributed by atoms with E-state index in [4.69, 9.17) is 9.47 Å². The van der Waals surface area contributed by atoms with Crippen molar-refractivity contribution in [3.63, 3.8) is 0 Å². The Labute approximate surface area is 236 Å². The number of nitrogens with one attached hydrogen (secondary N) is 1. The predicted molar refractivity (Wildman–Crippen MR) is 158 cm³/mol. The van der Waals surface area contributed by atoms with Crippen LogP contribution in [0.25, 0.3) is 11.0 Å². The number of amides is 1. The molecule has 1 saturated heterocycles. The van der Waals surface area contributed by atoms with E-state index >= 15 is 0 Å². The molecule has 2 aliphatic rings. The third-order valence-corrected chi connectivity index (χ3v) is 9.66. The van der Waals surface area contributed by atoms with Gasteiger partial charge in [0, 0.05) is 63.6 Å². The van der Waals surface area contributed by atoms with Crippen molar-refractivity contribution in [3.05, 3.63) is 17.0 Å². The molecule has 11 heteroatoms. The normalized spacial score (nSPS) is 21.6. The minimum Gasteiger partial charge on any atom is -0.444 e. The third-order valence-electron chi connectivity index (χ3n) is 7.35. The Kier molecular flexibility index (Phi) is 9.42. The largest absolute Gasteiger partial charge is 0.444 e. The maximum Gasteiger partial charge on any atom is 0.410 e. The lowest BCUT2D eigenvalue weighted by atomic mass is 9.89. The number of carbonyl (C=O) groups is 1. The van der Waals surface area contributed by atoms with Crippen LogP contribution in [0.4, 0.5) is 10.6 Å². The Bertz CT molecular complexity index is 1080. The van der Waals surface area contributed by atoms with Crippen molar-refractivity contribution in [2.45, 2.75) is 96.6 Å². The monoisotopic (exact) mass is 608 g/mol. The van der Waals surface area contributed by atoms with E-state index in [1.54, 1.807) is 6.33 Å². The van der Waals surface area contributed by atoms with Crippen molar-refractivity contribution in [1.82, 2.24) is 24.3 Å². The van der Waals surface area contributed by atoms with Crippen LogP contribution in [0.2, 0.25) is 25.7 Å². The molecule has 3 heterocycles. The van der Waals surface area contributed by atoms with Crippen LogP contribution >= 0.6 is 15.9 Å². The van der Waals surface area contributed by atoms with Gasteiger partial charge in [0.15, 0.2) is 0 Å². The highest BCUT2D eigenvalue weighted by Crippen LogP contribution is 2.33. The van der Waals surface area contributed by atoms with Gasteiger partial charge in [-0.05, 0) is 68.4 Å². The maximum absolute atomic E-state index is 12.4. The van der Waals surface area contributed by atoms with Crippen LogP contribution in [0.1, 0.15) is 46.5 Å². The molecule has 0 unspecified atom stereocenters. The van der Waals surface area contributed by atoms with Crippen molar-refractivity contribution < 1.29 is 14.3 Å². The second-order valence-corrected chi connectivity index (χ2v) is 19.3. The molecule has 2 fully saturated rings. The van der Waals surface area contributed by atoms with Crippen LogP contribution in [0.3, 0.4) is 0 Å². The van der Waals surface area contributed by atoms with E-state index in [0.29, 0.717) is 18.8 Å². The van der Waals surface area contributed by atoms with E-state index in [2.05, 4.69) is 60.3 Å². The molecular formula is C27H45BrN6O3Si. The summed E-state index contributed by atoms with van der Waals surface area (Å²) in [6.07, 6.45) is 7.98. The van der Waals surface area contributed by atoms with Gasteiger partial charge in [-0.2, -0.15) is 0 Å². The van der Waals surface area contributed by atoms with E-state index in [9.17, 15) is 4.79 Å². The van der Waals surface area contributed by atoms with Crippen LogP contribution < -0.4 is 5.32 Å². The quantitative estimate of drug-likeness (QED) is 0.300. The number of halogens is 1. The SMILES string of the molecule is CC(C)(C)OC(=O)N1CCN(C2CCC(Nc3ncnc4c3c(Br)cn4COCC[Si](C)(C)C)CC2)CC1. The number of carbonyl (C=O) groups excluding carboxylic acids is 1. The van der Waals surface area contributed by atoms with Gasteiger partial charge in [-0.15, -0.1) is 0 Å². The highest BCUT2D eigenvalue weighted by molar-refractivity contribution is 9.10. The van der Waals surface area contributed by atoms with Crippen molar-refractivity contribution in [2.24, 2.45) is 0 Å². The number of aromatic nitrogens is 3. The first-order valence-electron chi connectivity index (χ1n) is 14.0. The summed E-state index contributed by atoms with van der Waals surface area (Å²) >= 11 is 3.73. The molecule has 9 nitrogen and oxygen atoms in total. The number of rotatable bonds is 8.